The fourth-order valence-electron chi connectivity index (χ4n) is 7.07. The number of hydrogen-bond acceptors (Lipinski definition) is 5. The summed E-state index contributed by atoms with van der Waals surface area (Å²) in [5.41, 5.74) is 1.06. The van der Waals surface area contributed by atoms with Crippen LogP contribution in [0.2, 0.25) is 0 Å². The molecule has 1 saturated carbocycles. The molecule has 2 aliphatic rings. The van der Waals surface area contributed by atoms with Gasteiger partial charge in [0.15, 0.2) is 0 Å². The molecule has 3 rings (SSSR count). The standard InChI is InChI=1S/C36H57NO5/c1-5-6-9-12-30(38)19-15-28-16-22-33(39)32(28)13-10-7-8-11-14-34(40)37-25-23-36(24-26-42-35(2,3)27-36)29-17-20-31(41-4)21-18-29/h15,17-21,28,30,32,38H,5-14,16,22-27H2,1-4H3,(H,37,40). The smallest absolute Gasteiger partial charge is 0.219 e. The molecule has 2 N–H and O–H groups in total. The third-order valence-corrected chi connectivity index (χ3v) is 9.47. The Bertz CT molecular complexity index is 987. The minimum absolute atomic E-state index is 0.0286. The molecule has 0 radical (unpaired) electrons. The zero-order valence-corrected chi connectivity index (χ0v) is 26.8. The van der Waals surface area contributed by atoms with Crippen molar-refractivity contribution in [3.05, 3.63) is 42.0 Å². The lowest BCUT2D eigenvalue weighted by Gasteiger charge is -2.45. The molecule has 1 aliphatic carbocycles. The molecule has 1 amide bonds. The van der Waals surface area contributed by atoms with E-state index < -0.39 is 6.10 Å². The van der Waals surface area contributed by atoms with Gasteiger partial charge in [-0.2, -0.15) is 0 Å². The Hall–Kier alpha value is -2.18. The summed E-state index contributed by atoms with van der Waals surface area (Å²) in [6.45, 7) is 7.86. The number of carbonyl (C=O) groups excluding carboxylic acids is 2. The maximum atomic E-state index is 12.6. The van der Waals surface area contributed by atoms with Gasteiger partial charge in [0.25, 0.3) is 0 Å². The number of rotatable bonds is 18. The molecule has 1 heterocycles. The van der Waals surface area contributed by atoms with Crippen molar-refractivity contribution < 1.29 is 24.2 Å². The van der Waals surface area contributed by atoms with Gasteiger partial charge < -0.3 is 19.9 Å². The Morgan fingerprint density at radius 2 is 1.90 bits per heavy atom. The van der Waals surface area contributed by atoms with Crippen molar-refractivity contribution in [3.8, 4) is 5.75 Å². The van der Waals surface area contributed by atoms with Gasteiger partial charge >= 0.3 is 0 Å². The average Bonchev–Trinajstić information content (AvgIpc) is 3.32. The maximum Gasteiger partial charge on any atom is 0.219 e. The molecule has 0 bridgehead atoms. The molecule has 42 heavy (non-hydrogen) atoms. The lowest BCUT2D eigenvalue weighted by Crippen LogP contribution is -2.45. The second kappa shape index (κ2) is 17.2. The summed E-state index contributed by atoms with van der Waals surface area (Å²) in [5.74, 6) is 1.73. The minimum atomic E-state index is -0.393. The maximum absolute atomic E-state index is 12.6. The Kier molecular flexibility index (Phi) is 14.1. The van der Waals surface area contributed by atoms with Crippen molar-refractivity contribution in [3.63, 3.8) is 0 Å². The van der Waals surface area contributed by atoms with Gasteiger partial charge in [-0.3, -0.25) is 9.59 Å². The Labute approximate surface area is 255 Å². The molecule has 6 heteroatoms. The first-order chi connectivity index (χ1) is 20.2. The predicted octanol–water partition coefficient (Wildman–Crippen LogP) is 7.46. The van der Waals surface area contributed by atoms with Crippen LogP contribution in [0.15, 0.2) is 36.4 Å². The summed E-state index contributed by atoms with van der Waals surface area (Å²) in [6, 6.07) is 8.38. The first-order valence-electron chi connectivity index (χ1n) is 16.6. The summed E-state index contributed by atoms with van der Waals surface area (Å²) >= 11 is 0. The van der Waals surface area contributed by atoms with Gasteiger partial charge in [0, 0.05) is 37.3 Å². The molecule has 236 valence electrons. The van der Waals surface area contributed by atoms with E-state index in [1.54, 1.807) is 7.11 Å². The summed E-state index contributed by atoms with van der Waals surface area (Å²) < 4.78 is 11.4. The molecule has 0 spiro atoms. The first kappa shape index (κ1) is 34.3. The minimum Gasteiger partial charge on any atom is -0.497 e. The third-order valence-electron chi connectivity index (χ3n) is 9.47. The number of hydrogen-bond donors (Lipinski definition) is 2. The SMILES string of the molecule is CCCCCC(O)C=CC1CCC(=O)C1CCCCCCC(=O)NCCC1(c2ccc(OC)cc2)CCOC(C)(C)C1. The summed E-state index contributed by atoms with van der Waals surface area (Å²) in [6.07, 6.45) is 17.5. The number of aliphatic hydroxyl groups is 1. The molecule has 1 saturated heterocycles. The summed E-state index contributed by atoms with van der Waals surface area (Å²) in [5, 5.41) is 13.4. The normalized spacial score (nSPS) is 24.6. The monoisotopic (exact) mass is 583 g/mol. The topological polar surface area (TPSA) is 84.9 Å². The van der Waals surface area contributed by atoms with Crippen LogP contribution in [0.25, 0.3) is 0 Å². The highest BCUT2D eigenvalue weighted by atomic mass is 16.5. The molecule has 1 aliphatic heterocycles. The molecule has 0 aromatic heterocycles. The van der Waals surface area contributed by atoms with E-state index in [1.165, 1.54) is 5.56 Å². The highest BCUT2D eigenvalue weighted by Gasteiger charge is 2.41. The average molecular weight is 584 g/mol. The number of methoxy groups -OCH3 is 1. The van der Waals surface area contributed by atoms with Crippen LogP contribution in [0.4, 0.5) is 0 Å². The van der Waals surface area contributed by atoms with Gasteiger partial charge in [0.05, 0.1) is 18.8 Å². The van der Waals surface area contributed by atoms with E-state index in [0.29, 0.717) is 25.2 Å². The fraction of sp³-hybridized carbons (Fsp3) is 0.722. The number of nitrogens with one attached hydrogen (secondary N) is 1. The van der Waals surface area contributed by atoms with E-state index in [2.05, 4.69) is 44.3 Å². The van der Waals surface area contributed by atoms with Crippen LogP contribution in [0.5, 0.6) is 5.75 Å². The molecular formula is C36H57NO5. The van der Waals surface area contributed by atoms with E-state index >= 15 is 0 Å². The van der Waals surface area contributed by atoms with Crippen molar-refractivity contribution in [2.45, 2.75) is 134 Å². The highest BCUT2D eigenvalue weighted by molar-refractivity contribution is 5.83. The van der Waals surface area contributed by atoms with E-state index in [-0.39, 0.29) is 28.8 Å². The van der Waals surface area contributed by atoms with E-state index in [0.717, 1.165) is 95.8 Å². The number of carbonyl (C=O) groups is 2. The summed E-state index contributed by atoms with van der Waals surface area (Å²) in [4.78, 5) is 25.1. The van der Waals surface area contributed by atoms with Gasteiger partial charge in [0.2, 0.25) is 5.91 Å². The van der Waals surface area contributed by atoms with Gasteiger partial charge in [0.1, 0.15) is 11.5 Å². The number of aliphatic hydroxyl groups excluding tert-OH is 1. The van der Waals surface area contributed by atoms with Crippen LogP contribution in [0.3, 0.4) is 0 Å². The second-order valence-corrected chi connectivity index (χ2v) is 13.3. The van der Waals surface area contributed by atoms with Crippen LogP contribution in [-0.2, 0) is 19.7 Å². The Morgan fingerprint density at radius 1 is 1.14 bits per heavy atom. The van der Waals surface area contributed by atoms with Crippen LogP contribution in [0.1, 0.15) is 123 Å². The lowest BCUT2D eigenvalue weighted by molar-refractivity contribution is -0.122. The van der Waals surface area contributed by atoms with Crippen molar-refractivity contribution in [1.29, 1.82) is 0 Å². The number of allylic oxidation sites excluding steroid dienone is 1. The predicted molar refractivity (Wildman–Crippen MR) is 170 cm³/mol. The van der Waals surface area contributed by atoms with Crippen LogP contribution in [-0.4, -0.2) is 48.8 Å². The zero-order chi connectivity index (χ0) is 30.4. The van der Waals surface area contributed by atoms with E-state index in [1.807, 2.05) is 18.2 Å². The zero-order valence-electron chi connectivity index (χ0n) is 26.8. The van der Waals surface area contributed by atoms with Crippen molar-refractivity contribution >= 4 is 11.7 Å². The van der Waals surface area contributed by atoms with Gasteiger partial charge in [-0.1, -0.05) is 69.7 Å². The Balaban J connectivity index is 1.35. The first-order valence-corrected chi connectivity index (χ1v) is 16.6. The van der Waals surface area contributed by atoms with Crippen LogP contribution in [0, 0.1) is 11.8 Å². The number of benzene rings is 1. The van der Waals surface area contributed by atoms with Crippen molar-refractivity contribution in [1.82, 2.24) is 5.32 Å². The van der Waals surface area contributed by atoms with E-state index in [4.69, 9.17) is 9.47 Å². The van der Waals surface area contributed by atoms with Gasteiger partial charge in [-0.05, 0) is 82.4 Å². The number of amides is 1. The van der Waals surface area contributed by atoms with E-state index in [9.17, 15) is 14.7 Å². The van der Waals surface area contributed by atoms with Crippen molar-refractivity contribution in [2.24, 2.45) is 11.8 Å². The molecular weight excluding hydrogens is 526 g/mol. The van der Waals surface area contributed by atoms with Gasteiger partial charge in [-0.25, -0.2) is 0 Å². The molecule has 6 nitrogen and oxygen atoms in total. The molecule has 1 aromatic rings. The summed E-state index contributed by atoms with van der Waals surface area (Å²) in [7, 11) is 1.69. The fourth-order valence-corrected chi connectivity index (χ4v) is 7.07. The number of unbranched alkanes of at least 4 members (excludes halogenated alkanes) is 5. The number of ketones is 1. The van der Waals surface area contributed by atoms with Crippen LogP contribution < -0.4 is 10.1 Å². The second-order valence-electron chi connectivity index (χ2n) is 13.3. The lowest BCUT2D eigenvalue weighted by atomic mass is 9.67. The quantitative estimate of drug-likeness (QED) is 0.138. The number of ether oxygens (including phenoxy) is 2. The largest absolute Gasteiger partial charge is 0.497 e. The highest BCUT2D eigenvalue weighted by Crippen LogP contribution is 2.44. The molecule has 4 atom stereocenters. The third kappa shape index (κ3) is 10.8. The number of Topliss-reactive ketones (excluding diaryl/α,β-unsaturated/α-hetero) is 1. The van der Waals surface area contributed by atoms with Crippen LogP contribution >= 0.6 is 0 Å². The molecule has 1 aromatic carbocycles. The van der Waals surface area contributed by atoms with Crippen molar-refractivity contribution in [2.75, 3.05) is 20.3 Å². The molecule has 4 unspecified atom stereocenters. The molecule has 2 fully saturated rings. The Morgan fingerprint density at radius 3 is 2.62 bits per heavy atom. The van der Waals surface area contributed by atoms with Gasteiger partial charge in [-0.15, -0.1) is 0 Å².